The first kappa shape index (κ1) is 30.9. The van der Waals surface area contributed by atoms with E-state index in [0.717, 1.165) is 0 Å². The van der Waals surface area contributed by atoms with Crippen LogP contribution in [0.4, 0.5) is 0 Å². The minimum atomic E-state index is -2.02. The molecule has 6 nitrogen and oxygen atoms in total. The van der Waals surface area contributed by atoms with Gasteiger partial charge in [0.15, 0.2) is 41.6 Å². The first-order valence-corrected chi connectivity index (χ1v) is 29.0. The van der Waals surface area contributed by atoms with Crippen molar-refractivity contribution in [2.75, 3.05) is 13.2 Å². The summed E-state index contributed by atoms with van der Waals surface area (Å²) in [6, 6.07) is 0. The molecule has 0 N–H and O–H groups in total. The second-order valence-corrected chi connectivity index (χ2v) is 36.2. The summed E-state index contributed by atoms with van der Waals surface area (Å²) < 4.78 is 40.1. The van der Waals surface area contributed by atoms with Gasteiger partial charge in [-0.3, -0.25) is 0 Å². The van der Waals surface area contributed by atoms with Gasteiger partial charge in [0.25, 0.3) is 0 Å². The van der Waals surface area contributed by atoms with E-state index in [-0.39, 0.29) is 18.3 Å². The predicted molar refractivity (Wildman–Crippen MR) is 147 cm³/mol. The van der Waals surface area contributed by atoms with Gasteiger partial charge in [0.05, 0.1) is 13.2 Å². The maximum atomic E-state index is 6.85. The molecular weight excluding hydrogens is 489 g/mol. The number of hydrogen-bond donors (Lipinski definition) is 0. The van der Waals surface area contributed by atoms with Crippen LogP contribution in [0.3, 0.4) is 0 Å². The summed E-state index contributed by atoms with van der Waals surface area (Å²) in [6.07, 6.45) is -0.845. The van der Waals surface area contributed by atoms with Crippen LogP contribution < -0.4 is 0 Å². The predicted octanol–water partition coefficient (Wildman–Crippen LogP) is 6.08. The zero-order chi connectivity index (χ0) is 25.4. The Balaban J connectivity index is 3.53. The average Bonchev–Trinajstić information content (AvgIpc) is 2.71. The molecule has 1 saturated heterocycles. The molecule has 32 heavy (non-hydrogen) atoms. The number of ether oxygens (including phenoxy) is 1. The van der Waals surface area contributed by atoms with E-state index in [2.05, 4.69) is 98.2 Å². The van der Waals surface area contributed by atoms with E-state index in [9.17, 15) is 0 Å². The van der Waals surface area contributed by atoms with Gasteiger partial charge in [0, 0.05) is 0 Å². The van der Waals surface area contributed by atoms with Crippen LogP contribution in [0.15, 0.2) is 0 Å². The molecule has 0 bridgehead atoms. The van der Waals surface area contributed by atoms with Crippen molar-refractivity contribution in [2.45, 2.75) is 122 Å². The first-order chi connectivity index (χ1) is 13.9. The van der Waals surface area contributed by atoms with Gasteiger partial charge in [-0.25, -0.2) is 0 Å². The third kappa shape index (κ3) is 11.5. The lowest BCUT2D eigenvalue weighted by Gasteiger charge is -2.43. The zero-order valence-corrected chi connectivity index (χ0v) is 28.6. The SMILES string of the molecule is C[Si](C)(C)OC[C@H]1OC(CO[Si](C)(C)C)(O[Si](C)(C)C)[C@@H](O[Si](C)(C)C)[C@@H]1O[Si](C)(C)C. The molecule has 4 atom stereocenters. The topological polar surface area (TPSA) is 55.4 Å². The van der Waals surface area contributed by atoms with Crippen molar-refractivity contribution in [3.63, 3.8) is 0 Å². The van der Waals surface area contributed by atoms with Crippen LogP contribution in [-0.2, 0) is 26.9 Å². The van der Waals surface area contributed by atoms with E-state index in [4.69, 9.17) is 26.9 Å². The van der Waals surface area contributed by atoms with Crippen LogP contribution in [-0.4, -0.2) is 78.9 Å². The summed E-state index contributed by atoms with van der Waals surface area (Å²) in [5.41, 5.74) is 0. The quantitative estimate of drug-likeness (QED) is 0.280. The lowest BCUT2D eigenvalue weighted by Crippen LogP contribution is -2.59. The minimum absolute atomic E-state index is 0.244. The smallest absolute Gasteiger partial charge is 0.210 e. The van der Waals surface area contributed by atoms with Crippen LogP contribution in [0, 0.1) is 0 Å². The van der Waals surface area contributed by atoms with Gasteiger partial charge in [-0.15, -0.1) is 0 Å². The highest BCUT2D eigenvalue weighted by Gasteiger charge is 2.61. The highest BCUT2D eigenvalue weighted by molar-refractivity contribution is 6.71. The summed E-state index contributed by atoms with van der Waals surface area (Å²) in [5, 5.41) is 0. The molecule has 0 spiro atoms. The summed E-state index contributed by atoms with van der Waals surface area (Å²) in [6.45, 7) is 33.9. The number of hydrogen-bond acceptors (Lipinski definition) is 6. The first-order valence-electron chi connectivity index (χ1n) is 11.9. The summed E-state index contributed by atoms with van der Waals surface area (Å²) >= 11 is 0. The Bertz CT molecular complexity index is 600. The minimum Gasteiger partial charge on any atom is -0.415 e. The maximum Gasteiger partial charge on any atom is 0.210 e. The molecule has 1 unspecified atom stereocenters. The molecule has 0 saturated carbocycles. The lowest BCUT2D eigenvalue weighted by molar-refractivity contribution is -0.229. The fraction of sp³-hybridized carbons (Fsp3) is 1.00. The van der Waals surface area contributed by atoms with Crippen molar-refractivity contribution >= 4 is 41.6 Å². The second-order valence-electron chi connectivity index (χ2n) is 13.9. The average molecular weight is 541 g/mol. The molecule has 0 aromatic rings. The fourth-order valence-corrected chi connectivity index (χ4v) is 8.17. The molecule has 1 aliphatic heterocycles. The van der Waals surface area contributed by atoms with Gasteiger partial charge < -0.3 is 26.9 Å². The Hall–Kier alpha value is 0.844. The molecule has 1 rings (SSSR count). The van der Waals surface area contributed by atoms with Gasteiger partial charge in [-0.1, -0.05) is 0 Å². The highest BCUT2D eigenvalue weighted by atomic mass is 28.4. The van der Waals surface area contributed by atoms with Crippen LogP contribution in [0.1, 0.15) is 0 Å². The molecule has 0 aromatic heterocycles. The zero-order valence-electron chi connectivity index (χ0n) is 23.6. The summed E-state index contributed by atoms with van der Waals surface area (Å²) in [7, 11) is -9.43. The Labute approximate surface area is 203 Å². The van der Waals surface area contributed by atoms with Crippen LogP contribution in [0.5, 0.6) is 0 Å². The third-order valence-corrected chi connectivity index (χ3v) is 9.23. The van der Waals surface area contributed by atoms with Crippen molar-refractivity contribution in [1.82, 2.24) is 0 Å². The molecule has 0 radical (unpaired) electrons. The second kappa shape index (κ2) is 10.4. The molecular formula is C21H52O6Si5. The highest BCUT2D eigenvalue weighted by Crippen LogP contribution is 2.42. The Morgan fingerprint density at radius 2 is 1.06 bits per heavy atom. The van der Waals surface area contributed by atoms with E-state index >= 15 is 0 Å². The van der Waals surface area contributed by atoms with Crippen molar-refractivity contribution in [3.8, 4) is 0 Å². The van der Waals surface area contributed by atoms with E-state index < -0.39 is 47.4 Å². The van der Waals surface area contributed by atoms with Gasteiger partial charge in [-0.2, -0.15) is 0 Å². The summed E-state index contributed by atoms with van der Waals surface area (Å²) in [4.78, 5) is 0. The van der Waals surface area contributed by atoms with E-state index in [1.165, 1.54) is 0 Å². The maximum absolute atomic E-state index is 6.85. The van der Waals surface area contributed by atoms with Gasteiger partial charge in [0.1, 0.15) is 18.3 Å². The summed E-state index contributed by atoms with van der Waals surface area (Å²) in [5.74, 6) is -0.983. The van der Waals surface area contributed by atoms with Crippen molar-refractivity contribution in [2.24, 2.45) is 0 Å². The Morgan fingerprint density at radius 1 is 0.594 bits per heavy atom. The van der Waals surface area contributed by atoms with Crippen molar-refractivity contribution in [1.29, 1.82) is 0 Å². The Kier molecular flexibility index (Phi) is 10.1. The number of rotatable bonds is 12. The Morgan fingerprint density at radius 3 is 1.44 bits per heavy atom. The molecule has 192 valence electrons. The molecule has 0 amide bonds. The van der Waals surface area contributed by atoms with Crippen LogP contribution in [0.25, 0.3) is 0 Å². The third-order valence-electron chi connectivity index (χ3n) is 4.29. The van der Waals surface area contributed by atoms with Gasteiger partial charge in [-0.05, 0) is 98.2 Å². The fourth-order valence-electron chi connectivity index (χ4n) is 3.44. The van der Waals surface area contributed by atoms with Gasteiger partial charge in [0.2, 0.25) is 5.79 Å². The van der Waals surface area contributed by atoms with E-state index in [1.807, 2.05) is 0 Å². The largest absolute Gasteiger partial charge is 0.415 e. The van der Waals surface area contributed by atoms with Crippen molar-refractivity contribution < 1.29 is 26.9 Å². The molecule has 1 fully saturated rings. The monoisotopic (exact) mass is 540 g/mol. The van der Waals surface area contributed by atoms with Crippen LogP contribution >= 0.6 is 0 Å². The molecule has 1 aliphatic rings. The standard InChI is InChI=1S/C21H52O6Si5/c1-28(2,3)22-16-18-19(25-30(7,8)9)20(26-31(10,11)12)21(24-18,27-32(13,14)15)17-23-29(4,5)6/h18-20H,16-17H2,1-15H3/t18-,19-,20+,21?/m1/s1. The molecule has 1 heterocycles. The van der Waals surface area contributed by atoms with E-state index in [0.29, 0.717) is 13.2 Å². The lowest BCUT2D eigenvalue weighted by atomic mass is 10.1. The normalized spacial score (nSPS) is 28.4. The van der Waals surface area contributed by atoms with Crippen LogP contribution in [0.2, 0.25) is 98.2 Å². The molecule has 0 aliphatic carbocycles. The molecule has 11 heteroatoms. The van der Waals surface area contributed by atoms with Gasteiger partial charge >= 0.3 is 0 Å². The van der Waals surface area contributed by atoms with Crippen molar-refractivity contribution in [3.05, 3.63) is 0 Å². The molecule has 0 aromatic carbocycles. The van der Waals surface area contributed by atoms with E-state index in [1.54, 1.807) is 0 Å².